The number of pyridine rings is 1. The van der Waals surface area contributed by atoms with Crippen molar-refractivity contribution in [3.05, 3.63) is 29.0 Å². The van der Waals surface area contributed by atoms with Crippen molar-refractivity contribution in [2.75, 3.05) is 0 Å². The molecule has 1 N–H and O–H groups in total. The van der Waals surface area contributed by atoms with E-state index in [2.05, 4.69) is 4.98 Å². The number of amides is 2. The molecular formula is C11H9ClN2O4. The zero-order valence-electron chi connectivity index (χ0n) is 9.17. The quantitative estimate of drug-likeness (QED) is 0.637. The number of aromatic nitrogens is 1. The average molecular weight is 269 g/mol. The van der Waals surface area contributed by atoms with Crippen molar-refractivity contribution in [2.24, 2.45) is 0 Å². The number of imide groups is 1. The summed E-state index contributed by atoms with van der Waals surface area (Å²) in [7, 11) is 0. The third kappa shape index (κ3) is 2.19. The topological polar surface area (TPSA) is 87.6 Å². The van der Waals surface area contributed by atoms with E-state index in [0.29, 0.717) is 0 Å². The normalized spacial score (nSPS) is 19.1. The predicted octanol–water partition coefficient (Wildman–Crippen LogP) is 0.951. The number of carboxylic acids is 1. The SMILES string of the molecule is O=C(O)C1CCC(=O)N1C(=O)c1ccc(Cl)nc1. The largest absolute Gasteiger partial charge is 0.480 e. The van der Waals surface area contributed by atoms with Crippen LogP contribution in [0.4, 0.5) is 0 Å². The number of nitrogens with zero attached hydrogens (tertiary/aromatic N) is 2. The Kier molecular flexibility index (Phi) is 3.29. The Morgan fingerprint density at radius 1 is 1.44 bits per heavy atom. The molecule has 1 aromatic heterocycles. The molecule has 1 fully saturated rings. The first-order valence-corrected chi connectivity index (χ1v) is 5.59. The zero-order valence-corrected chi connectivity index (χ0v) is 9.92. The van der Waals surface area contributed by atoms with Crippen molar-refractivity contribution in [3.63, 3.8) is 0 Å². The molecular weight excluding hydrogens is 260 g/mol. The van der Waals surface area contributed by atoms with Crippen LogP contribution in [-0.4, -0.2) is 38.8 Å². The molecule has 0 saturated carbocycles. The van der Waals surface area contributed by atoms with E-state index in [-0.39, 0.29) is 23.6 Å². The summed E-state index contributed by atoms with van der Waals surface area (Å²) in [5, 5.41) is 9.18. The van der Waals surface area contributed by atoms with Crippen LogP contribution in [0.5, 0.6) is 0 Å². The number of rotatable bonds is 2. The Morgan fingerprint density at radius 3 is 2.72 bits per heavy atom. The molecule has 1 unspecified atom stereocenters. The number of likely N-dealkylation sites (tertiary alicyclic amines) is 1. The highest BCUT2D eigenvalue weighted by atomic mass is 35.5. The first-order valence-electron chi connectivity index (χ1n) is 5.21. The minimum atomic E-state index is -1.18. The van der Waals surface area contributed by atoms with Gasteiger partial charge in [0.25, 0.3) is 5.91 Å². The Bertz CT molecular complexity index is 514. The maximum absolute atomic E-state index is 12.0. The van der Waals surface area contributed by atoms with Crippen LogP contribution in [0, 0.1) is 0 Å². The van der Waals surface area contributed by atoms with Crippen LogP contribution in [0.2, 0.25) is 5.15 Å². The number of halogens is 1. The molecule has 6 nitrogen and oxygen atoms in total. The summed E-state index contributed by atoms with van der Waals surface area (Å²) in [4.78, 5) is 39.1. The molecule has 1 saturated heterocycles. The molecule has 0 bridgehead atoms. The van der Waals surface area contributed by atoms with Gasteiger partial charge in [-0.1, -0.05) is 11.6 Å². The van der Waals surface area contributed by atoms with Crippen molar-refractivity contribution < 1.29 is 19.5 Å². The first-order chi connectivity index (χ1) is 8.50. The lowest BCUT2D eigenvalue weighted by Gasteiger charge is -2.19. The van der Waals surface area contributed by atoms with Crippen LogP contribution >= 0.6 is 11.6 Å². The fourth-order valence-corrected chi connectivity index (χ4v) is 1.93. The number of carbonyl (C=O) groups is 3. The minimum Gasteiger partial charge on any atom is -0.480 e. The second kappa shape index (κ2) is 4.73. The fourth-order valence-electron chi connectivity index (χ4n) is 1.81. The number of hydrogen-bond donors (Lipinski definition) is 1. The number of carboxylic acid groups (broad SMARTS) is 1. The molecule has 7 heteroatoms. The van der Waals surface area contributed by atoms with Gasteiger partial charge in [0, 0.05) is 12.6 Å². The summed E-state index contributed by atoms with van der Waals surface area (Å²) < 4.78 is 0. The van der Waals surface area contributed by atoms with Crippen LogP contribution in [0.3, 0.4) is 0 Å². The molecule has 0 aromatic carbocycles. The van der Waals surface area contributed by atoms with E-state index in [1.807, 2.05) is 0 Å². The molecule has 2 heterocycles. The van der Waals surface area contributed by atoms with Gasteiger partial charge in [0.15, 0.2) is 0 Å². The molecule has 0 aliphatic carbocycles. The van der Waals surface area contributed by atoms with Gasteiger partial charge >= 0.3 is 5.97 Å². The first kappa shape index (κ1) is 12.5. The van der Waals surface area contributed by atoms with Gasteiger partial charge < -0.3 is 5.11 Å². The Labute approximate surface area is 107 Å². The summed E-state index contributed by atoms with van der Waals surface area (Å²) in [6.45, 7) is 0. The lowest BCUT2D eigenvalue weighted by molar-refractivity contribution is -0.144. The number of aliphatic carboxylic acids is 1. The van der Waals surface area contributed by atoms with Gasteiger partial charge in [0.1, 0.15) is 11.2 Å². The van der Waals surface area contributed by atoms with Crippen molar-refractivity contribution in [1.29, 1.82) is 0 Å². The van der Waals surface area contributed by atoms with E-state index >= 15 is 0 Å². The van der Waals surface area contributed by atoms with Gasteiger partial charge in [0.05, 0.1) is 5.56 Å². The molecule has 0 radical (unpaired) electrons. The highest BCUT2D eigenvalue weighted by Gasteiger charge is 2.40. The standard InChI is InChI=1S/C11H9ClN2O4/c12-8-3-1-6(5-13-8)10(16)14-7(11(17)18)2-4-9(14)15/h1,3,5,7H,2,4H2,(H,17,18). The molecule has 94 valence electrons. The molecule has 0 spiro atoms. The third-order valence-corrected chi connectivity index (χ3v) is 2.91. The van der Waals surface area contributed by atoms with Crippen molar-refractivity contribution in [3.8, 4) is 0 Å². The second-order valence-electron chi connectivity index (χ2n) is 3.83. The number of carbonyl (C=O) groups excluding carboxylic acids is 2. The Morgan fingerprint density at radius 2 is 2.17 bits per heavy atom. The van der Waals surface area contributed by atoms with Crippen LogP contribution in [0.15, 0.2) is 18.3 Å². The third-order valence-electron chi connectivity index (χ3n) is 2.69. The summed E-state index contributed by atoms with van der Waals surface area (Å²) in [5.41, 5.74) is 0.140. The van der Waals surface area contributed by atoms with Crippen molar-refractivity contribution in [2.45, 2.75) is 18.9 Å². The van der Waals surface area contributed by atoms with Gasteiger partial charge in [-0.05, 0) is 18.6 Å². The molecule has 1 aliphatic rings. The van der Waals surface area contributed by atoms with Crippen molar-refractivity contribution in [1.82, 2.24) is 9.88 Å². The molecule has 1 aliphatic heterocycles. The molecule has 1 aromatic rings. The zero-order chi connectivity index (χ0) is 13.3. The molecule has 1 atom stereocenters. The van der Waals surface area contributed by atoms with E-state index in [1.165, 1.54) is 18.3 Å². The van der Waals surface area contributed by atoms with E-state index in [9.17, 15) is 14.4 Å². The van der Waals surface area contributed by atoms with E-state index in [4.69, 9.17) is 16.7 Å². The van der Waals surface area contributed by atoms with Crippen LogP contribution in [0.25, 0.3) is 0 Å². The highest BCUT2D eigenvalue weighted by molar-refractivity contribution is 6.29. The lowest BCUT2D eigenvalue weighted by atomic mass is 10.2. The summed E-state index contributed by atoms with van der Waals surface area (Å²) >= 11 is 5.59. The maximum Gasteiger partial charge on any atom is 0.326 e. The van der Waals surface area contributed by atoms with Gasteiger partial charge in [0.2, 0.25) is 5.91 Å². The van der Waals surface area contributed by atoms with Crippen LogP contribution in [-0.2, 0) is 9.59 Å². The van der Waals surface area contributed by atoms with Gasteiger partial charge in [-0.15, -0.1) is 0 Å². The van der Waals surface area contributed by atoms with Gasteiger partial charge in [-0.25, -0.2) is 9.78 Å². The average Bonchev–Trinajstić information content (AvgIpc) is 2.71. The van der Waals surface area contributed by atoms with Gasteiger partial charge in [-0.2, -0.15) is 0 Å². The van der Waals surface area contributed by atoms with E-state index < -0.39 is 23.8 Å². The monoisotopic (exact) mass is 268 g/mol. The highest BCUT2D eigenvalue weighted by Crippen LogP contribution is 2.21. The fraction of sp³-hybridized carbons (Fsp3) is 0.273. The number of hydrogen-bond acceptors (Lipinski definition) is 4. The van der Waals surface area contributed by atoms with E-state index in [1.54, 1.807) is 0 Å². The summed E-state index contributed by atoms with van der Waals surface area (Å²) in [5.74, 6) is -2.33. The van der Waals surface area contributed by atoms with Gasteiger partial charge in [-0.3, -0.25) is 14.5 Å². The molecule has 2 rings (SSSR count). The summed E-state index contributed by atoms with van der Waals surface area (Å²) in [6, 6.07) is 1.72. The predicted molar refractivity (Wildman–Crippen MR) is 61.1 cm³/mol. The van der Waals surface area contributed by atoms with Crippen molar-refractivity contribution >= 4 is 29.4 Å². The smallest absolute Gasteiger partial charge is 0.326 e. The minimum absolute atomic E-state index is 0.0593. The van der Waals surface area contributed by atoms with E-state index in [0.717, 1.165) is 4.90 Å². The second-order valence-corrected chi connectivity index (χ2v) is 4.22. The van der Waals surface area contributed by atoms with Crippen LogP contribution in [0.1, 0.15) is 23.2 Å². The summed E-state index contributed by atoms with van der Waals surface area (Å²) in [6.07, 6.45) is 1.42. The molecule has 18 heavy (non-hydrogen) atoms. The lowest BCUT2D eigenvalue weighted by Crippen LogP contribution is -2.42. The maximum atomic E-state index is 12.0. The Balaban J connectivity index is 2.29. The Hall–Kier alpha value is -1.95. The molecule has 2 amide bonds. The van der Waals surface area contributed by atoms with Crippen LogP contribution < -0.4 is 0 Å².